The lowest BCUT2D eigenvalue weighted by Crippen LogP contribution is -2.47. The van der Waals surface area contributed by atoms with Crippen LogP contribution in [0.4, 0.5) is 0 Å². The highest BCUT2D eigenvalue weighted by Gasteiger charge is 2.49. The summed E-state index contributed by atoms with van der Waals surface area (Å²) < 4.78 is 6.25. The van der Waals surface area contributed by atoms with Gasteiger partial charge in [0.25, 0.3) is 0 Å². The molecule has 1 aliphatic heterocycles. The molecule has 3 rings (SSSR count). The molecule has 1 heterocycles. The van der Waals surface area contributed by atoms with Crippen molar-refractivity contribution in [3.8, 4) is 5.75 Å². The molecule has 1 aromatic rings. The van der Waals surface area contributed by atoms with Gasteiger partial charge in [0, 0.05) is 17.6 Å². The minimum atomic E-state index is -0.191. The van der Waals surface area contributed by atoms with Crippen LogP contribution < -0.4 is 15.4 Å². The van der Waals surface area contributed by atoms with Crippen LogP contribution >= 0.6 is 15.9 Å². The zero-order valence-corrected chi connectivity index (χ0v) is 14.5. The van der Waals surface area contributed by atoms with Crippen molar-refractivity contribution in [1.29, 1.82) is 0 Å². The van der Waals surface area contributed by atoms with E-state index < -0.39 is 0 Å². The van der Waals surface area contributed by atoms with Crippen molar-refractivity contribution in [3.05, 3.63) is 28.2 Å². The number of hydrogen-bond donors (Lipinski definition) is 2. The van der Waals surface area contributed by atoms with E-state index in [1.54, 1.807) is 7.11 Å². The molecule has 1 amide bonds. The third-order valence-electron chi connectivity index (χ3n) is 5.18. The second kappa shape index (κ2) is 6.59. The molecule has 2 N–H and O–H groups in total. The van der Waals surface area contributed by atoms with Gasteiger partial charge in [-0.1, -0.05) is 28.8 Å². The Morgan fingerprint density at radius 1 is 1.50 bits per heavy atom. The SMILES string of the molecule is COc1ccc(Br)c(CNC(=O)[C@@]23CCCC[C@H]2CNC3)c1. The van der Waals surface area contributed by atoms with Gasteiger partial charge in [-0.15, -0.1) is 0 Å². The Bertz CT molecular complexity index is 564. The van der Waals surface area contributed by atoms with Crippen molar-refractivity contribution in [3.63, 3.8) is 0 Å². The van der Waals surface area contributed by atoms with Gasteiger partial charge in [-0.05, 0) is 49.1 Å². The summed E-state index contributed by atoms with van der Waals surface area (Å²) in [6, 6.07) is 5.83. The first-order chi connectivity index (χ1) is 10.7. The van der Waals surface area contributed by atoms with Gasteiger partial charge >= 0.3 is 0 Å². The Kier molecular flexibility index (Phi) is 4.73. The van der Waals surface area contributed by atoms with E-state index in [4.69, 9.17) is 4.74 Å². The highest BCUT2D eigenvalue weighted by molar-refractivity contribution is 9.10. The summed E-state index contributed by atoms with van der Waals surface area (Å²) in [6.07, 6.45) is 4.59. The molecule has 2 fully saturated rings. The lowest BCUT2D eigenvalue weighted by Gasteiger charge is -2.37. The Balaban J connectivity index is 1.69. The quantitative estimate of drug-likeness (QED) is 0.861. The number of nitrogens with one attached hydrogen (secondary N) is 2. The molecule has 2 aliphatic rings. The summed E-state index contributed by atoms with van der Waals surface area (Å²) in [4.78, 5) is 12.8. The smallest absolute Gasteiger partial charge is 0.228 e. The van der Waals surface area contributed by atoms with Crippen molar-refractivity contribution < 1.29 is 9.53 Å². The molecule has 120 valence electrons. The lowest BCUT2D eigenvalue weighted by atomic mass is 9.67. The maximum absolute atomic E-state index is 12.8. The number of fused-ring (bicyclic) bond motifs is 1. The molecular weight excluding hydrogens is 344 g/mol. The molecule has 22 heavy (non-hydrogen) atoms. The lowest BCUT2D eigenvalue weighted by molar-refractivity contribution is -0.134. The minimum absolute atomic E-state index is 0.191. The summed E-state index contributed by atoms with van der Waals surface area (Å²) in [5.74, 6) is 1.51. The Morgan fingerprint density at radius 3 is 3.18 bits per heavy atom. The summed E-state index contributed by atoms with van der Waals surface area (Å²) in [5, 5.41) is 6.58. The van der Waals surface area contributed by atoms with Crippen LogP contribution in [0, 0.1) is 11.3 Å². The number of amides is 1. The summed E-state index contributed by atoms with van der Waals surface area (Å²) in [7, 11) is 1.65. The monoisotopic (exact) mass is 366 g/mol. The third kappa shape index (κ3) is 2.88. The van der Waals surface area contributed by atoms with Crippen LogP contribution in [0.15, 0.2) is 22.7 Å². The van der Waals surface area contributed by atoms with Gasteiger partial charge in [0.05, 0.1) is 12.5 Å². The van der Waals surface area contributed by atoms with E-state index in [2.05, 4.69) is 26.6 Å². The number of benzene rings is 1. The average Bonchev–Trinajstić information content (AvgIpc) is 2.99. The Morgan fingerprint density at radius 2 is 2.36 bits per heavy atom. The van der Waals surface area contributed by atoms with Crippen molar-refractivity contribution in [2.75, 3.05) is 20.2 Å². The molecule has 0 unspecified atom stereocenters. The van der Waals surface area contributed by atoms with Gasteiger partial charge in [-0.3, -0.25) is 4.79 Å². The van der Waals surface area contributed by atoms with E-state index in [9.17, 15) is 4.79 Å². The fourth-order valence-corrected chi connectivity index (χ4v) is 4.24. The molecule has 1 saturated heterocycles. The van der Waals surface area contributed by atoms with E-state index in [1.165, 1.54) is 12.8 Å². The predicted octanol–water partition coefficient (Wildman–Crippen LogP) is 2.85. The van der Waals surface area contributed by atoms with Crippen molar-refractivity contribution in [2.24, 2.45) is 11.3 Å². The fourth-order valence-electron chi connectivity index (χ4n) is 3.86. The van der Waals surface area contributed by atoms with Crippen LogP contribution in [0.5, 0.6) is 5.75 Å². The molecule has 5 heteroatoms. The van der Waals surface area contributed by atoms with E-state index in [0.29, 0.717) is 12.5 Å². The van der Waals surface area contributed by atoms with Crippen LogP contribution in [0.2, 0.25) is 0 Å². The molecule has 1 aromatic carbocycles. The molecule has 0 aromatic heterocycles. The van der Waals surface area contributed by atoms with Gasteiger partial charge in [0.15, 0.2) is 0 Å². The largest absolute Gasteiger partial charge is 0.497 e. The van der Waals surface area contributed by atoms with Crippen LogP contribution in [0.25, 0.3) is 0 Å². The third-order valence-corrected chi connectivity index (χ3v) is 5.96. The first kappa shape index (κ1) is 15.8. The molecule has 0 spiro atoms. The number of methoxy groups -OCH3 is 1. The van der Waals surface area contributed by atoms with Gasteiger partial charge in [-0.2, -0.15) is 0 Å². The molecule has 1 aliphatic carbocycles. The van der Waals surface area contributed by atoms with Crippen LogP contribution in [-0.2, 0) is 11.3 Å². The zero-order chi connectivity index (χ0) is 15.6. The average molecular weight is 367 g/mol. The number of carbonyl (C=O) groups excluding carboxylic acids is 1. The first-order valence-corrected chi connectivity index (χ1v) is 8.76. The highest BCUT2D eigenvalue weighted by atomic mass is 79.9. The molecule has 0 radical (unpaired) electrons. The van der Waals surface area contributed by atoms with E-state index in [-0.39, 0.29) is 11.3 Å². The van der Waals surface area contributed by atoms with Crippen LogP contribution in [0.1, 0.15) is 31.2 Å². The molecule has 2 atom stereocenters. The maximum atomic E-state index is 12.8. The minimum Gasteiger partial charge on any atom is -0.497 e. The standard InChI is InChI=1S/C17H23BrN2O2/c1-22-14-5-6-15(18)12(8-14)9-20-16(21)17-7-3-2-4-13(17)10-19-11-17/h5-6,8,13,19H,2-4,7,9-11H2,1H3,(H,20,21)/t13-,17+/m0/s1. The van der Waals surface area contributed by atoms with E-state index in [1.807, 2.05) is 18.2 Å². The fraction of sp³-hybridized carbons (Fsp3) is 0.588. The van der Waals surface area contributed by atoms with E-state index >= 15 is 0 Å². The summed E-state index contributed by atoms with van der Waals surface area (Å²) in [5.41, 5.74) is 0.853. The number of carbonyl (C=O) groups is 1. The summed E-state index contributed by atoms with van der Waals surface area (Å²) >= 11 is 3.54. The molecule has 1 saturated carbocycles. The van der Waals surface area contributed by atoms with Crippen LogP contribution in [0.3, 0.4) is 0 Å². The summed E-state index contributed by atoms with van der Waals surface area (Å²) in [6.45, 7) is 2.34. The zero-order valence-electron chi connectivity index (χ0n) is 13.0. The van der Waals surface area contributed by atoms with Gasteiger partial charge < -0.3 is 15.4 Å². The van der Waals surface area contributed by atoms with Crippen molar-refractivity contribution in [1.82, 2.24) is 10.6 Å². The second-order valence-corrected chi connectivity index (χ2v) is 7.22. The van der Waals surface area contributed by atoms with E-state index in [0.717, 1.165) is 41.7 Å². The van der Waals surface area contributed by atoms with Gasteiger partial charge in [0.1, 0.15) is 5.75 Å². The first-order valence-electron chi connectivity index (χ1n) is 7.97. The molecule has 4 nitrogen and oxygen atoms in total. The number of hydrogen-bond acceptors (Lipinski definition) is 3. The Hall–Kier alpha value is -1.07. The van der Waals surface area contributed by atoms with Gasteiger partial charge in [-0.25, -0.2) is 0 Å². The number of ether oxygens (including phenoxy) is 1. The second-order valence-electron chi connectivity index (χ2n) is 6.37. The normalized spacial score (nSPS) is 27.3. The van der Waals surface area contributed by atoms with Crippen molar-refractivity contribution >= 4 is 21.8 Å². The number of rotatable bonds is 4. The topological polar surface area (TPSA) is 50.4 Å². The van der Waals surface area contributed by atoms with Crippen LogP contribution in [-0.4, -0.2) is 26.1 Å². The Labute approximate surface area is 140 Å². The highest BCUT2D eigenvalue weighted by Crippen LogP contribution is 2.44. The molecular formula is C17H23BrN2O2. The molecule has 0 bridgehead atoms. The number of halogens is 1. The van der Waals surface area contributed by atoms with Crippen molar-refractivity contribution in [2.45, 2.75) is 32.2 Å². The van der Waals surface area contributed by atoms with Gasteiger partial charge in [0.2, 0.25) is 5.91 Å². The maximum Gasteiger partial charge on any atom is 0.228 e. The predicted molar refractivity (Wildman–Crippen MR) is 89.8 cm³/mol.